The van der Waals surface area contributed by atoms with Crippen molar-refractivity contribution in [2.45, 2.75) is 13.1 Å². The largest absolute Gasteiger partial charge is 0.497 e. The van der Waals surface area contributed by atoms with Gasteiger partial charge >= 0.3 is 6.18 Å². The summed E-state index contributed by atoms with van der Waals surface area (Å²) in [5.74, 6) is 0.978. The molecule has 4 aromatic rings. The molecular weight excluding hydrogens is 389 g/mol. The first-order valence-electron chi connectivity index (χ1n) is 9.34. The maximum absolute atomic E-state index is 13.5. The van der Waals surface area contributed by atoms with Gasteiger partial charge in [0.15, 0.2) is 0 Å². The molecule has 0 atom stereocenters. The molecule has 0 aliphatic rings. The molecule has 3 nitrogen and oxygen atoms in total. The van der Waals surface area contributed by atoms with E-state index in [-0.39, 0.29) is 11.4 Å². The Morgan fingerprint density at radius 2 is 1.70 bits per heavy atom. The van der Waals surface area contributed by atoms with Crippen LogP contribution in [0.5, 0.6) is 5.75 Å². The van der Waals surface area contributed by atoms with E-state index >= 15 is 0 Å². The zero-order chi connectivity index (χ0) is 21.3. The Morgan fingerprint density at radius 3 is 2.47 bits per heavy atom. The van der Waals surface area contributed by atoms with E-state index in [4.69, 9.17) is 4.74 Å². The summed E-state index contributed by atoms with van der Waals surface area (Å²) in [7, 11) is 1.61. The van der Waals surface area contributed by atoms with Crippen LogP contribution in [-0.2, 0) is 6.18 Å². The molecule has 3 aromatic carbocycles. The third kappa shape index (κ3) is 3.68. The average Bonchev–Trinajstić information content (AvgIpc) is 3.23. The Hall–Kier alpha value is -3.54. The molecule has 0 amide bonds. The van der Waals surface area contributed by atoms with Crippen molar-refractivity contribution >= 4 is 0 Å². The van der Waals surface area contributed by atoms with Crippen LogP contribution in [0.1, 0.15) is 11.1 Å². The van der Waals surface area contributed by atoms with E-state index in [0.717, 1.165) is 34.2 Å². The van der Waals surface area contributed by atoms with Crippen LogP contribution in [0.2, 0.25) is 0 Å². The van der Waals surface area contributed by atoms with Gasteiger partial charge in [0.1, 0.15) is 11.6 Å². The van der Waals surface area contributed by atoms with Crippen molar-refractivity contribution in [3.05, 3.63) is 90.3 Å². The van der Waals surface area contributed by atoms with Gasteiger partial charge in [-0.2, -0.15) is 13.2 Å². The highest BCUT2D eigenvalue weighted by atomic mass is 19.4. The van der Waals surface area contributed by atoms with Crippen LogP contribution in [0.4, 0.5) is 13.2 Å². The first kappa shape index (κ1) is 19.8. The summed E-state index contributed by atoms with van der Waals surface area (Å²) in [4.78, 5) is 4.23. The van der Waals surface area contributed by atoms with Gasteiger partial charge < -0.3 is 4.74 Å². The zero-order valence-electron chi connectivity index (χ0n) is 16.4. The van der Waals surface area contributed by atoms with Crippen LogP contribution in [0.3, 0.4) is 0 Å². The number of imidazole rings is 1. The molecule has 0 radical (unpaired) electrons. The SMILES string of the molecule is COc1ccc(C)c(-c2cccc(-n3ccnc3-c3ccccc3C(F)(F)F)c2)c1. The zero-order valence-corrected chi connectivity index (χ0v) is 16.4. The van der Waals surface area contributed by atoms with Crippen LogP contribution in [-0.4, -0.2) is 16.7 Å². The van der Waals surface area contributed by atoms with Crippen molar-refractivity contribution in [1.82, 2.24) is 9.55 Å². The van der Waals surface area contributed by atoms with Crippen molar-refractivity contribution < 1.29 is 17.9 Å². The van der Waals surface area contributed by atoms with Crippen molar-refractivity contribution in [3.8, 4) is 34.0 Å². The molecule has 4 rings (SSSR count). The second kappa shape index (κ2) is 7.71. The fraction of sp³-hybridized carbons (Fsp3) is 0.125. The van der Waals surface area contributed by atoms with Crippen LogP contribution >= 0.6 is 0 Å². The number of hydrogen-bond acceptors (Lipinski definition) is 2. The van der Waals surface area contributed by atoms with Gasteiger partial charge in [0.05, 0.1) is 12.7 Å². The number of nitrogens with zero attached hydrogens (tertiary/aromatic N) is 2. The molecular formula is C24H19F3N2O. The normalized spacial score (nSPS) is 11.5. The molecule has 152 valence electrons. The fourth-order valence-electron chi connectivity index (χ4n) is 3.50. The third-order valence-corrected chi connectivity index (χ3v) is 4.99. The highest BCUT2D eigenvalue weighted by molar-refractivity contribution is 5.72. The number of rotatable bonds is 4. The molecule has 0 aliphatic heterocycles. The topological polar surface area (TPSA) is 27.1 Å². The van der Waals surface area contributed by atoms with Crippen molar-refractivity contribution in [1.29, 1.82) is 0 Å². The van der Waals surface area contributed by atoms with Gasteiger partial charge in [-0.3, -0.25) is 4.57 Å². The quantitative estimate of drug-likeness (QED) is 0.383. The highest BCUT2D eigenvalue weighted by Gasteiger charge is 2.34. The van der Waals surface area contributed by atoms with Crippen LogP contribution in [0, 0.1) is 6.92 Å². The molecule has 0 saturated carbocycles. The first-order valence-corrected chi connectivity index (χ1v) is 9.34. The number of halogens is 3. The van der Waals surface area contributed by atoms with Crippen molar-refractivity contribution in [2.24, 2.45) is 0 Å². The summed E-state index contributed by atoms with van der Waals surface area (Å²) in [6.07, 6.45) is -1.29. The Balaban J connectivity index is 1.83. The second-order valence-corrected chi connectivity index (χ2v) is 6.90. The van der Waals surface area contributed by atoms with E-state index in [1.807, 2.05) is 49.4 Å². The molecule has 30 heavy (non-hydrogen) atoms. The number of alkyl halides is 3. The summed E-state index contributed by atoms with van der Waals surface area (Å²) in [6, 6.07) is 18.9. The monoisotopic (exact) mass is 408 g/mol. The standard InChI is InChI=1S/C24H19F3N2O/c1-16-10-11-19(30-2)15-21(16)17-6-5-7-18(14-17)29-13-12-28-23(29)20-8-3-4-9-22(20)24(25,26)27/h3-15H,1-2H3. The maximum atomic E-state index is 13.5. The molecule has 1 heterocycles. The molecule has 0 fully saturated rings. The fourth-order valence-corrected chi connectivity index (χ4v) is 3.50. The molecule has 0 bridgehead atoms. The average molecular weight is 408 g/mol. The first-order chi connectivity index (χ1) is 14.4. The van der Waals surface area contributed by atoms with Crippen molar-refractivity contribution in [2.75, 3.05) is 7.11 Å². The van der Waals surface area contributed by atoms with Gasteiger partial charge in [-0.25, -0.2) is 4.98 Å². The van der Waals surface area contributed by atoms with Crippen LogP contribution in [0.15, 0.2) is 79.1 Å². The molecule has 0 N–H and O–H groups in total. The Labute approximate surface area is 172 Å². The molecule has 0 spiro atoms. The number of aromatic nitrogens is 2. The van der Waals surface area contributed by atoms with E-state index in [0.29, 0.717) is 0 Å². The van der Waals surface area contributed by atoms with Gasteiger partial charge in [-0.05, 0) is 53.9 Å². The van der Waals surface area contributed by atoms with E-state index < -0.39 is 11.7 Å². The van der Waals surface area contributed by atoms with Gasteiger partial charge in [0.2, 0.25) is 0 Å². The lowest BCUT2D eigenvalue weighted by Gasteiger charge is -2.15. The van der Waals surface area contributed by atoms with Crippen molar-refractivity contribution in [3.63, 3.8) is 0 Å². The van der Waals surface area contributed by atoms with E-state index in [2.05, 4.69) is 4.98 Å². The third-order valence-electron chi connectivity index (χ3n) is 4.99. The van der Waals surface area contributed by atoms with Gasteiger partial charge in [-0.15, -0.1) is 0 Å². The molecule has 0 saturated heterocycles. The Kier molecular flexibility index (Phi) is 5.08. The highest BCUT2D eigenvalue weighted by Crippen LogP contribution is 2.37. The predicted molar refractivity (Wildman–Crippen MR) is 111 cm³/mol. The van der Waals surface area contributed by atoms with E-state index in [1.54, 1.807) is 23.9 Å². The predicted octanol–water partition coefficient (Wildman–Crippen LogP) is 6.54. The van der Waals surface area contributed by atoms with E-state index in [9.17, 15) is 13.2 Å². The minimum atomic E-state index is -4.47. The van der Waals surface area contributed by atoms with Crippen LogP contribution in [0.25, 0.3) is 28.2 Å². The summed E-state index contributed by atoms with van der Waals surface area (Å²) in [5, 5.41) is 0. The maximum Gasteiger partial charge on any atom is 0.417 e. The van der Waals surface area contributed by atoms with Gasteiger partial charge in [0.25, 0.3) is 0 Å². The Morgan fingerprint density at radius 1 is 0.900 bits per heavy atom. The number of hydrogen-bond donors (Lipinski definition) is 0. The lowest BCUT2D eigenvalue weighted by Crippen LogP contribution is -2.09. The number of benzene rings is 3. The summed E-state index contributed by atoms with van der Waals surface area (Å²) in [6.45, 7) is 2.00. The molecule has 6 heteroatoms. The van der Waals surface area contributed by atoms with Gasteiger partial charge in [-0.1, -0.05) is 36.4 Å². The number of methoxy groups -OCH3 is 1. The van der Waals surface area contributed by atoms with Gasteiger partial charge in [0, 0.05) is 23.6 Å². The van der Waals surface area contributed by atoms with E-state index in [1.165, 1.54) is 18.3 Å². The summed E-state index contributed by atoms with van der Waals surface area (Å²) < 4.78 is 47.6. The number of aryl methyl sites for hydroxylation is 1. The smallest absolute Gasteiger partial charge is 0.417 e. The summed E-state index contributed by atoms with van der Waals surface area (Å²) in [5.41, 5.74) is 3.05. The Bertz CT molecular complexity index is 1200. The minimum Gasteiger partial charge on any atom is -0.497 e. The molecule has 0 aliphatic carbocycles. The van der Waals surface area contributed by atoms with Crippen LogP contribution < -0.4 is 4.74 Å². The lowest BCUT2D eigenvalue weighted by molar-refractivity contribution is -0.137. The minimum absolute atomic E-state index is 0.0398. The molecule has 0 unspecified atom stereocenters. The number of ether oxygens (including phenoxy) is 1. The molecule has 1 aromatic heterocycles. The second-order valence-electron chi connectivity index (χ2n) is 6.90. The summed E-state index contributed by atoms with van der Waals surface area (Å²) >= 11 is 0. The lowest BCUT2D eigenvalue weighted by atomic mass is 9.99.